The van der Waals surface area contributed by atoms with Crippen LogP contribution in [-0.2, 0) is 0 Å². The number of nitrogens with two attached hydrogens (primary N) is 1. The number of allylic oxidation sites excluding steroid dienone is 1. The topological polar surface area (TPSA) is 96.4 Å². The van der Waals surface area contributed by atoms with E-state index in [9.17, 15) is 4.79 Å². The van der Waals surface area contributed by atoms with Crippen molar-refractivity contribution < 1.29 is 9.53 Å². The van der Waals surface area contributed by atoms with Gasteiger partial charge in [-0.05, 0) is 25.3 Å². The van der Waals surface area contributed by atoms with E-state index in [1.54, 1.807) is 18.5 Å². The highest BCUT2D eigenvalue weighted by atomic mass is 16.5. The molecule has 0 bridgehead atoms. The lowest BCUT2D eigenvalue weighted by atomic mass is 10.1. The standard InChI is InChI=1S/C18H22N6O2/c19-12-22-16-9-14(11-20-16)24-6-7-26-15-8-13(10-21-17(15)24)18(25)23-4-2-1-3-5-23/h8-11H,1-7,12,19H2. The normalized spacial score (nSPS) is 20.8. The minimum Gasteiger partial charge on any atom is -0.488 e. The average Bonchev–Trinajstić information content (AvgIpc) is 3.16. The van der Waals surface area contributed by atoms with Crippen LogP contribution >= 0.6 is 0 Å². The predicted molar refractivity (Wildman–Crippen MR) is 99.9 cm³/mol. The molecule has 1 aromatic heterocycles. The lowest BCUT2D eigenvalue weighted by Crippen LogP contribution is -2.36. The summed E-state index contributed by atoms with van der Waals surface area (Å²) in [5, 5.41) is 0. The maximum Gasteiger partial charge on any atom is 0.255 e. The Morgan fingerprint density at radius 1 is 1.27 bits per heavy atom. The Morgan fingerprint density at radius 2 is 2.12 bits per heavy atom. The molecule has 0 unspecified atom stereocenters. The maximum absolute atomic E-state index is 12.7. The third-order valence-electron chi connectivity index (χ3n) is 4.72. The fourth-order valence-corrected chi connectivity index (χ4v) is 3.41. The first kappa shape index (κ1) is 16.7. The second-order valence-corrected chi connectivity index (χ2v) is 6.42. The van der Waals surface area contributed by atoms with E-state index in [4.69, 9.17) is 10.5 Å². The molecule has 4 rings (SSSR count). The van der Waals surface area contributed by atoms with Gasteiger partial charge in [0.1, 0.15) is 6.61 Å². The van der Waals surface area contributed by atoms with Crippen molar-refractivity contribution in [1.29, 1.82) is 0 Å². The molecule has 3 aliphatic heterocycles. The Kier molecular flexibility index (Phi) is 4.66. The highest BCUT2D eigenvalue weighted by Gasteiger charge is 2.26. The van der Waals surface area contributed by atoms with Crippen LogP contribution in [0.4, 0.5) is 5.82 Å². The summed E-state index contributed by atoms with van der Waals surface area (Å²) in [5.74, 6) is 1.95. The number of anilines is 1. The number of nitrogens with zero attached hydrogens (tertiary/aromatic N) is 5. The smallest absolute Gasteiger partial charge is 0.255 e. The van der Waals surface area contributed by atoms with E-state index in [2.05, 4.69) is 15.0 Å². The highest BCUT2D eigenvalue weighted by Crippen LogP contribution is 2.33. The molecular weight excluding hydrogens is 332 g/mol. The van der Waals surface area contributed by atoms with E-state index in [0.717, 1.165) is 31.6 Å². The van der Waals surface area contributed by atoms with E-state index in [-0.39, 0.29) is 12.6 Å². The first-order chi connectivity index (χ1) is 12.8. The molecule has 4 heterocycles. The van der Waals surface area contributed by atoms with Gasteiger partial charge in [-0.3, -0.25) is 9.79 Å². The van der Waals surface area contributed by atoms with E-state index in [0.29, 0.717) is 36.1 Å². The summed E-state index contributed by atoms with van der Waals surface area (Å²) in [6, 6.07) is 1.80. The highest BCUT2D eigenvalue weighted by molar-refractivity contribution is 6.11. The minimum atomic E-state index is 0.0275. The van der Waals surface area contributed by atoms with Crippen molar-refractivity contribution in [3.8, 4) is 5.75 Å². The lowest BCUT2D eigenvalue weighted by Gasteiger charge is -2.31. The monoisotopic (exact) mass is 354 g/mol. The number of amides is 1. The summed E-state index contributed by atoms with van der Waals surface area (Å²) in [6.07, 6.45) is 8.58. The quantitative estimate of drug-likeness (QED) is 0.879. The zero-order chi connectivity index (χ0) is 17.9. The zero-order valence-corrected chi connectivity index (χ0v) is 14.6. The molecule has 0 spiro atoms. The Balaban J connectivity index is 1.58. The summed E-state index contributed by atoms with van der Waals surface area (Å²) in [4.78, 5) is 29.5. The lowest BCUT2D eigenvalue weighted by molar-refractivity contribution is 0.0723. The molecule has 8 heteroatoms. The SMILES string of the molecule is NCN=C1C=C(N2CCOc3cc(C(=O)N4CCCCC4)cnc32)C=N1. The van der Waals surface area contributed by atoms with Crippen LogP contribution in [0.3, 0.4) is 0 Å². The predicted octanol–water partition coefficient (Wildman–Crippen LogP) is 1.19. The van der Waals surface area contributed by atoms with Crippen molar-refractivity contribution in [2.75, 3.05) is 37.8 Å². The molecule has 0 radical (unpaired) electrons. The fraction of sp³-hybridized carbons (Fsp3) is 0.444. The van der Waals surface area contributed by atoms with Gasteiger partial charge >= 0.3 is 0 Å². The van der Waals surface area contributed by atoms with Crippen molar-refractivity contribution >= 4 is 23.8 Å². The third-order valence-corrected chi connectivity index (χ3v) is 4.72. The van der Waals surface area contributed by atoms with E-state index < -0.39 is 0 Å². The van der Waals surface area contributed by atoms with Gasteiger partial charge in [-0.15, -0.1) is 0 Å². The van der Waals surface area contributed by atoms with Gasteiger partial charge in [0.2, 0.25) is 0 Å². The van der Waals surface area contributed by atoms with Crippen LogP contribution in [0.15, 0.2) is 34.0 Å². The number of hydrogen-bond donors (Lipinski definition) is 1. The van der Waals surface area contributed by atoms with Crippen molar-refractivity contribution in [1.82, 2.24) is 9.88 Å². The molecule has 1 saturated heterocycles. The van der Waals surface area contributed by atoms with Crippen molar-refractivity contribution in [3.63, 3.8) is 0 Å². The second-order valence-electron chi connectivity index (χ2n) is 6.42. The van der Waals surface area contributed by atoms with Crippen molar-refractivity contribution in [2.24, 2.45) is 15.7 Å². The largest absolute Gasteiger partial charge is 0.488 e. The number of aromatic nitrogens is 1. The fourth-order valence-electron chi connectivity index (χ4n) is 3.41. The average molecular weight is 354 g/mol. The Bertz CT molecular complexity index is 795. The summed E-state index contributed by atoms with van der Waals surface area (Å²) in [6.45, 7) is 3.01. The zero-order valence-electron chi connectivity index (χ0n) is 14.6. The summed E-state index contributed by atoms with van der Waals surface area (Å²) >= 11 is 0. The van der Waals surface area contributed by atoms with Crippen LogP contribution in [0.25, 0.3) is 0 Å². The van der Waals surface area contributed by atoms with Crippen LogP contribution in [0.2, 0.25) is 0 Å². The van der Waals surface area contributed by atoms with E-state index in [1.165, 1.54) is 6.42 Å². The number of carbonyl (C=O) groups excluding carboxylic acids is 1. The van der Waals surface area contributed by atoms with Crippen molar-refractivity contribution in [3.05, 3.63) is 29.6 Å². The molecular formula is C18H22N6O2. The molecule has 0 aromatic carbocycles. The molecule has 1 fully saturated rings. The molecule has 1 amide bonds. The number of carbonyl (C=O) groups is 1. The van der Waals surface area contributed by atoms with Crippen LogP contribution in [0.1, 0.15) is 29.6 Å². The second kappa shape index (κ2) is 7.25. The summed E-state index contributed by atoms with van der Waals surface area (Å²) in [5.41, 5.74) is 6.91. The maximum atomic E-state index is 12.7. The molecule has 26 heavy (non-hydrogen) atoms. The van der Waals surface area contributed by atoms with Crippen molar-refractivity contribution in [2.45, 2.75) is 19.3 Å². The number of rotatable bonds is 3. The molecule has 0 saturated carbocycles. The van der Waals surface area contributed by atoms with Gasteiger partial charge in [-0.1, -0.05) is 0 Å². The van der Waals surface area contributed by atoms with Crippen LogP contribution < -0.4 is 15.4 Å². The molecule has 8 nitrogen and oxygen atoms in total. The number of ether oxygens (including phenoxy) is 1. The third kappa shape index (κ3) is 3.20. The Morgan fingerprint density at radius 3 is 2.92 bits per heavy atom. The first-order valence-corrected chi connectivity index (χ1v) is 8.96. The molecule has 0 atom stereocenters. The number of likely N-dealkylation sites (tertiary alicyclic amines) is 1. The van der Waals surface area contributed by atoms with Crippen LogP contribution in [0, 0.1) is 0 Å². The number of fused-ring (bicyclic) bond motifs is 1. The molecule has 0 aliphatic carbocycles. The molecule has 136 valence electrons. The van der Waals surface area contributed by atoms with Gasteiger partial charge in [-0.25, -0.2) is 9.98 Å². The number of piperidine rings is 1. The Hall–Kier alpha value is -2.74. The van der Waals surface area contributed by atoms with E-state index >= 15 is 0 Å². The minimum absolute atomic E-state index is 0.0275. The Labute approximate surface area is 152 Å². The molecule has 3 aliphatic rings. The van der Waals surface area contributed by atoms with Gasteiger partial charge in [-0.2, -0.15) is 0 Å². The number of aliphatic imine (C=N–C) groups is 2. The number of pyridine rings is 1. The number of hydrogen-bond acceptors (Lipinski definition) is 6. The molecule has 2 N–H and O–H groups in total. The van der Waals surface area contributed by atoms with E-state index in [1.807, 2.05) is 15.9 Å². The van der Waals surface area contributed by atoms with Crippen LogP contribution in [-0.4, -0.2) is 60.8 Å². The molecule has 1 aromatic rings. The summed E-state index contributed by atoms with van der Waals surface area (Å²) in [7, 11) is 0. The van der Waals surface area contributed by atoms with Gasteiger partial charge in [0, 0.05) is 25.4 Å². The van der Waals surface area contributed by atoms with Gasteiger partial charge in [0.15, 0.2) is 17.4 Å². The van der Waals surface area contributed by atoms with Gasteiger partial charge < -0.3 is 20.3 Å². The van der Waals surface area contributed by atoms with Gasteiger partial charge in [0.05, 0.1) is 30.7 Å². The van der Waals surface area contributed by atoms with Crippen LogP contribution in [0.5, 0.6) is 5.75 Å². The number of amidine groups is 1. The summed E-state index contributed by atoms with van der Waals surface area (Å²) < 4.78 is 5.77. The first-order valence-electron chi connectivity index (χ1n) is 8.96. The van der Waals surface area contributed by atoms with Gasteiger partial charge in [0.25, 0.3) is 5.91 Å².